The van der Waals surface area contributed by atoms with E-state index < -0.39 is 17.7 Å². The number of halogens is 2. The van der Waals surface area contributed by atoms with Gasteiger partial charge in [0.2, 0.25) is 0 Å². The number of fused-ring (bicyclic) bond motifs is 3. The Labute approximate surface area is 163 Å². The molecule has 3 aromatic rings. The molecule has 0 fully saturated rings. The Hall–Kier alpha value is -2.84. The van der Waals surface area contributed by atoms with Crippen molar-refractivity contribution >= 4 is 10.9 Å². The highest BCUT2D eigenvalue weighted by molar-refractivity contribution is 5.85. The lowest BCUT2D eigenvalue weighted by Crippen LogP contribution is -2.43. The summed E-state index contributed by atoms with van der Waals surface area (Å²) >= 11 is 0. The molecule has 1 N–H and O–H groups in total. The second-order valence-corrected chi connectivity index (χ2v) is 7.75. The SMILES string of the molecule is CCc1cc(F)c(C2c3[nH]c4ccccc4c3CC(C)N2C2=C=CC2)c(F)c1. The third-order valence-corrected chi connectivity index (χ3v) is 6.07. The summed E-state index contributed by atoms with van der Waals surface area (Å²) in [6.07, 6.45) is 4.18. The maximum absolute atomic E-state index is 15.2. The minimum atomic E-state index is -0.520. The van der Waals surface area contributed by atoms with Crippen LogP contribution < -0.4 is 0 Å². The van der Waals surface area contributed by atoms with Gasteiger partial charge in [-0.05, 0) is 55.2 Å². The number of H-pyrrole nitrogens is 1. The predicted molar refractivity (Wildman–Crippen MR) is 107 cm³/mol. The maximum atomic E-state index is 15.2. The Kier molecular flexibility index (Phi) is 3.92. The van der Waals surface area contributed by atoms with Crippen LogP contribution >= 0.6 is 0 Å². The first-order valence-corrected chi connectivity index (χ1v) is 9.88. The number of rotatable bonds is 3. The number of aryl methyl sites for hydroxylation is 1. The minimum absolute atomic E-state index is 0.123. The van der Waals surface area contributed by atoms with Gasteiger partial charge in [-0.15, -0.1) is 5.73 Å². The van der Waals surface area contributed by atoms with Gasteiger partial charge in [0.25, 0.3) is 0 Å². The fourth-order valence-electron chi connectivity index (χ4n) is 4.64. The number of hydrogen-bond donors (Lipinski definition) is 1. The molecule has 0 radical (unpaired) electrons. The lowest BCUT2D eigenvalue weighted by atomic mass is 9.86. The lowest BCUT2D eigenvalue weighted by molar-refractivity contribution is 0.188. The zero-order chi connectivity index (χ0) is 19.4. The minimum Gasteiger partial charge on any atom is -0.356 e. The number of hydrogen-bond acceptors (Lipinski definition) is 1. The first-order chi connectivity index (χ1) is 13.6. The first-order valence-electron chi connectivity index (χ1n) is 9.88. The van der Waals surface area contributed by atoms with Gasteiger partial charge in [-0.25, -0.2) is 8.78 Å². The van der Waals surface area contributed by atoms with Gasteiger partial charge in [0, 0.05) is 29.1 Å². The van der Waals surface area contributed by atoms with Crippen molar-refractivity contribution in [2.75, 3.05) is 0 Å². The quantitative estimate of drug-likeness (QED) is 0.574. The second-order valence-electron chi connectivity index (χ2n) is 7.75. The fraction of sp³-hybridized carbons (Fsp3) is 0.292. The highest BCUT2D eigenvalue weighted by atomic mass is 19.1. The molecule has 0 saturated carbocycles. The Morgan fingerprint density at radius 2 is 1.89 bits per heavy atom. The van der Waals surface area contributed by atoms with Crippen LogP contribution in [0.4, 0.5) is 8.78 Å². The van der Waals surface area contributed by atoms with Crippen LogP contribution in [0.3, 0.4) is 0 Å². The van der Waals surface area contributed by atoms with Gasteiger partial charge in [0.05, 0.1) is 11.3 Å². The highest BCUT2D eigenvalue weighted by Crippen LogP contribution is 2.45. The van der Waals surface area contributed by atoms with Gasteiger partial charge in [-0.2, -0.15) is 0 Å². The molecule has 28 heavy (non-hydrogen) atoms. The number of nitrogens with zero attached hydrogens (tertiary/aromatic N) is 1. The standard InChI is InChI=1S/C24H22F2N2/c1-3-15-12-19(25)22(20(26)13-15)24-23-18(17-9-4-5-10-21(17)27-23)11-14(2)28(24)16-7-6-8-16/h4-6,9-10,12-14,24,27H,3,7,11H2,1-2H3. The summed E-state index contributed by atoms with van der Waals surface area (Å²) in [6, 6.07) is 10.7. The molecule has 2 heterocycles. The van der Waals surface area contributed by atoms with Crippen LogP contribution in [0.1, 0.15) is 48.7 Å². The van der Waals surface area contributed by atoms with Crippen molar-refractivity contribution in [3.63, 3.8) is 0 Å². The maximum Gasteiger partial charge on any atom is 0.132 e. The Bertz CT molecular complexity index is 1130. The molecule has 0 amide bonds. The van der Waals surface area contributed by atoms with Crippen LogP contribution in [0.15, 0.2) is 53.9 Å². The second kappa shape index (κ2) is 6.35. The van der Waals surface area contributed by atoms with E-state index in [2.05, 4.69) is 28.6 Å². The molecular weight excluding hydrogens is 354 g/mol. The van der Waals surface area contributed by atoms with Gasteiger partial charge in [0.15, 0.2) is 0 Å². The third-order valence-electron chi connectivity index (χ3n) is 6.07. The molecule has 2 atom stereocenters. The van der Waals surface area contributed by atoms with Crippen molar-refractivity contribution in [1.29, 1.82) is 0 Å². The number of aromatic nitrogens is 1. The molecule has 4 heteroatoms. The van der Waals surface area contributed by atoms with E-state index in [4.69, 9.17) is 0 Å². The molecule has 0 saturated heterocycles. The van der Waals surface area contributed by atoms with Gasteiger partial charge in [0.1, 0.15) is 17.7 Å². The van der Waals surface area contributed by atoms with E-state index in [0.29, 0.717) is 12.0 Å². The van der Waals surface area contributed by atoms with Gasteiger partial charge in [-0.1, -0.05) is 25.1 Å². The largest absolute Gasteiger partial charge is 0.356 e. The molecule has 2 unspecified atom stereocenters. The number of benzene rings is 2. The average Bonchev–Trinajstić information content (AvgIpc) is 3.00. The molecular formula is C24H22F2N2. The van der Waals surface area contributed by atoms with E-state index in [1.165, 1.54) is 12.1 Å². The summed E-state index contributed by atoms with van der Waals surface area (Å²) in [4.78, 5) is 5.62. The number of aromatic amines is 1. The molecule has 2 aromatic carbocycles. The van der Waals surface area contributed by atoms with Crippen molar-refractivity contribution in [1.82, 2.24) is 9.88 Å². The third kappa shape index (κ3) is 2.45. The summed E-state index contributed by atoms with van der Waals surface area (Å²) in [5, 5.41) is 1.14. The van der Waals surface area contributed by atoms with Gasteiger partial charge >= 0.3 is 0 Å². The zero-order valence-corrected chi connectivity index (χ0v) is 16.0. The average molecular weight is 376 g/mol. The lowest BCUT2D eigenvalue weighted by Gasteiger charge is -2.44. The van der Waals surface area contributed by atoms with Gasteiger partial charge < -0.3 is 9.88 Å². The topological polar surface area (TPSA) is 19.0 Å². The summed E-state index contributed by atoms with van der Waals surface area (Å²) in [7, 11) is 0. The molecule has 2 nitrogen and oxygen atoms in total. The van der Waals surface area contributed by atoms with E-state index in [1.807, 2.05) is 31.2 Å². The summed E-state index contributed by atoms with van der Waals surface area (Å²) in [5.74, 6) is -0.955. The molecule has 0 spiro atoms. The Morgan fingerprint density at radius 1 is 1.18 bits per heavy atom. The van der Waals surface area contributed by atoms with Crippen LogP contribution in [0.5, 0.6) is 0 Å². The van der Waals surface area contributed by atoms with Crippen molar-refractivity contribution in [2.24, 2.45) is 0 Å². The smallest absolute Gasteiger partial charge is 0.132 e. The number of nitrogens with one attached hydrogen (secondary N) is 1. The van der Waals surface area contributed by atoms with Crippen molar-refractivity contribution in [3.05, 3.63) is 87.9 Å². The van der Waals surface area contributed by atoms with Crippen LogP contribution in [0, 0.1) is 11.6 Å². The van der Waals surface area contributed by atoms with Crippen molar-refractivity contribution in [3.8, 4) is 0 Å². The first kappa shape index (κ1) is 17.3. The summed E-state index contributed by atoms with van der Waals surface area (Å²) in [6.45, 7) is 4.03. The molecule has 0 bridgehead atoms. The molecule has 1 aliphatic carbocycles. The van der Waals surface area contributed by atoms with E-state index in [0.717, 1.165) is 40.7 Å². The molecule has 1 aliphatic heterocycles. The summed E-state index contributed by atoms with van der Waals surface area (Å²) in [5.41, 5.74) is 8.10. The molecule has 5 rings (SSSR count). The van der Waals surface area contributed by atoms with Crippen LogP contribution in [-0.4, -0.2) is 15.9 Å². The van der Waals surface area contributed by atoms with E-state index >= 15 is 8.78 Å². The van der Waals surface area contributed by atoms with E-state index in [-0.39, 0.29) is 11.6 Å². The normalized spacial score (nSPS) is 20.9. The van der Waals surface area contributed by atoms with E-state index in [9.17, 15) is 0 Å². The highest BCUT2D eigenvalue weighted by Gasteiger charge is 2.40. The van der Waals surface area contributed by atoms with Gasteiger partial charge in [-0.3, -0.25) is 0 Å². The van der Waals surface area contributed by atoms with Crippen molar-refractivity contribution < 1.29 is 8.78 Å². The monoisotopic (exact) mass is 376 g/mol. The fourth-order valence-corrected chi connectivity index (χ4v) is 4.64. The molecule has 2 aliphatic rings. The van der Waals surface area contributed by atoms with Crippen LogP contribution in [0.25, 0.3) is 10.9 Å². The predicted octanol–water partition coefficient (Wildman–Crippen LogP) is 5.79. The Morgan fingerprint density at radius 3 is 2.54 bits per heavy atom. The van der Waals surface area contributed by atoms with Crippen molar-refractivity contribution in [2.45, 2.75) is 45.2 Å². The zero-order valence-electron chi connectivity index (χ0n) is 16.0. The van der Waals surface area contributed by atoms with E-state index in [1.54, 1.807) is 0 Å². The van der Waals surface area contributed by atoms with Crippen LogP contribution in [0.2, 0.25) is 0 Å². The Balaban J connectivity index is 1.79. The number of para-hydroxylation sites is 1. The molecule has 142 valence electrons. The van der Waals surface area contributed by atoms with Crippen LogP contribution in [-0.2, 0) is 12.8 Å². The molecule has 1 aromatic heterocycles. The summed E-state index contributed by atoms with van der Waals surface area (Å²) < 4.78 is 30.4.